The van der Waals surface area contributed by atoms with Crippen LogP contribution in [0.15, 0.2) is 29.4 Å². The summed E-state index contributed by atoms with van der Waals surface area (Å²) in [5.41, 5.74) is 8.53. The molecule has 0 amide bonds. The van der Waals surface area contributed by atoms with Crippen molar-refractivity contribution < 1.29 is 0 Å². The Morgan fingerprint density at radius 1 is 1.14 bits per heavy atom. The monoisotopic (exact) mass is 304 g/mol. The first-order chi connectivity index (χ1) is 9.95. The lowest BCUT2D eigenvalue weighted by Gasteiger charge is -2.19. The largest absolute Gasteiger partial charge is 0.324 e. The third kappa shape index (κ3) is 3.86. The summed E-state index contributed by atoms with van der Waals surface area (Å²) in [6, 6.07) is 8.83. The normalized spacial score (nSPS) is 11.9. The number of nitrogens with two attached hydrogens (primary N) is 1. The van der Waals surface area contributed by atoms with Gasteiger partial charge in [0, 0.05) is 12.3 Å². The highest BCUT2D eigenvalue weighted by Gasteiger charge is 2.13. The Hall–Kier alpha value is -1.33. The highest BCUT2D eigenvalue weighted by Crippen LogP contribution is 2.25. The first-order valence-corrected chi connectivity index (χ1v) is 8.28. The van der Waals surface area contributed by atoms with Crippen molar-refractivity contribution in [2.75, 3.05) is 0 Å². The van der Waals surface area contributed by atoms with Gasteiger partial charge in [0.25, 0.3) is 0 Å². The predicted octanol–water partition coefficient (Wildman–Crippen LogP) is 3.35. The molecule has 0 saturated heterocycles. The number of aromatic nitrogens is 3. The van der Waals surface area contributed by atoms with Crippen LogP contribution >= 0.6 is 11.8 Å². The number of rotatable bonds is 5. The fourth-order valence-corrected chi connectivity index (χ4v) is 3.12. The number of nitrogens with zero attached hydrogens (tertiary/aromatic N) is 3. The van der Waals surface area contributed by atoms with Gasteiger partial charge < -0.3 is 10.3 Å². The molecule has 0 bridgehead atoms. The maximum Gasteiger partial charge on any atom is 0.191 e. The van der Waals surface area contributed by atoms with Crippen LogP contribution in [0.3, 0.4) is 0 Å². The quantitative estimate of drug-likeness (QED) is 0.861. The van der Waals surface area contributed by atoms with Crippen molar-refractivity contribution in [2.45, 2.75) is 57.1 Å². The fourth-order valence-electron chi connectivity index (χ4n) is 2.14. The lowest BCUT2D eigenvalue weighted by atomic mass is 9.87. The molecule has 0 aliphatic rings. The molecule has 1 aromatic heterocycles. The van der Waals surface area contributed by atoms with Crippen LogP contribution in [0.5, 0.6) is 0 Å². The Morgan fingerprint density at radius 3 is 2.33 bits per heavy atom. The van der Waals surface area contributed by atoms with Gasteiger partial charge in [0.1, 0.15) is 5.82 Å². The van der Waals surface area contributed by atoms with Crippen molar-refractivity contribution in [1.29, 1.82) is 0 Å². The number of thioether (sulfide) groups is 1. The van der Waals surface area contributed by atoms with E-state index < -0.39 is 0 Å². The minimum absolute atomic E-state index is 0.198. The van der Waals surface area contributed by atoms with E-state index in [9.17, 15) is 0 Å². The van der Waals surface area contributed by atoms with Gasteiger partial charge in [-0.25, -0.2) is 0 Å². The van der Waals surface area contributed by atoms with E-state index in [1.165, 1.54) is 11.1 Å². The maximum absolute atomic E-state index is 5.67. The highest BCUT2D eigenvalue weighted by atomic mass is 32.2. The average molecular weight is 304 g/mol. The van der Waals surface area contributed by atoms with Crippen LogP contribution in [0.25, 0.3) is 0 Å². The summed E-state index contributed by atoms with van der Waals surface area (Å²) in [5, 5.41) is 9.30. The molecule has 2 aromatic rings. The molecule has 5 heteroatoms. The summed E-state index contributed by atoms with van der Waals surface area (Å²) in [5.74, 6) is 1.75. The molecule has 2 N–H and O–H groups in total. The van der Waals surface area contributed by atoms with Gasteiger partial charge in [-0.05, 0) is 23.5 Å². The molecule has 0 radical (unpaired) electrons. The molecular formula is C16H24N4S. The van der Waals surface area contributed by atoms with Crippen LogP contribution in [-0.4, -0.2) is 14.8 Å². The minimum atomic E-state index is 0.198. The number of benzene rings is 1. The minimum Gasteiger partial charge on any atom is -0.324 e. The summed E-state index contributed by atoms with van der Waals surface area (Å²) in [6.07, 6.45) is 0. The molecule has 0 unspecified atom stereocenters. The summed E-state index contributed by atoms with van der Waals surface area (Å²) in [6.45, 7) is 10.1. The molecule has 1 aromatic carbocycles. The third-order valence-electron chi connectivity index (χ3n) is 3.48. The lowest BCUT2D eigenvalue weighted by Crippen LogP contribution is -2.10. The molecule has 0 aliphatic heterocycles. The van der Waals surface area contributed by atoms with Crippen molar-refractivity contribution >= 4 is 11.8 Å². The van der Waals surface area contributed by atoms with Gasteiger partial charge in [-0.15, -0.1) is 10.2 Å². The maximum atomic E-state index is 5.67. The van der Waals surface area contributed by atoms with Crippen LogP contribution in [0.4, 0.5) is 0 Å². The van der Waals surface area contributed by atoms with E-state index >= 15 is 0 Å². The molecule has 21 heavy (non-hydrogen) atoms. The van der Waals surface area contributed by atoms with E-state index in [4.69, 9.17) is 5.73 Å². The molecule has 1 heterocycles. The summed E-state index contributed by atoms with van der Waals surface area (Å²) in [4.78, 5) is 0. The summed E-state index contributed by atoms with van der Waals surface area (Å²) >= 11 is 1.71. The second-order valence-electron chi connectivity index (χ2n) is 6.08. The van der Waals surface area contributed by atoms with Gasteiger partial charge in [-0.3, -0.25) is 0 Å². The van der Waals surface area contributed by atoms with Crippen LogP contribution in [0.1, 0.15) is 44.6 Å². The van der Waals surface area contributed by atoms with Crippen molar-refractivity contribution in [2.24, 2.45) is 5.73 Å². The molecule has 4 nitrogen and oxygen atoms in total. The van der Waals surface area contributed by atoms with Crippen molar-refractivity contribution in [3.05, 3.63) is 41.2 Å². The van der Waals surface area contributed by atoms with Gasteiger partial charge >= 0.3 is 0 Å². The van der Waals surface area contributed by atoms with Gasteiger partial charge in [0.05, 0.1) is 6.54 Å². The Kier molecular flexibility index (Phi) is 5.06. The topological polar surface area (TPSA) is 56.7 Å². The van der Waals surface area contributed by atoms with Crippen LogP contribution in [0, 0.1) is 0 Å². The average Bonchev–Trinajstić information content (AvgIpc) is 2.86. The van der Waals surface area contributed by atoms with Gasteiger partial charge in [-0.1, -0.05) is 56.8 Å². The third-order valence-corrected chi connectivity index (χ3v) is 4.52. The van der Waals surface area contributed by atoms with E-state index in [2.05, 4.69) is 66.7 Å². The van der Waals surface area contributed by atoms with Gasteiger partial charge in [0.2, 0.25) is 0 Å². The molecule has 0 aliphatic carbocycles. The second kappa shape index (κ2) is 6.62. The molecule has 114 valence electrons. The molecule has 0 atom stereocenters. The van der Waals surface area contributed by atoms with Gasteiger partial charge in [-0.2, -0.15) is 0 Å². The van der Waals surface area contributed by atoms with Crippen LogP contribution in [-0.2, 0) is 24.3 Å². The standard InChI is InChI=1S/C16H24N4S/c1-5-20-14(10-17)18-19-15(20)21-11-12-6-8-13(9-7-12)16(2,3)4/h6-9H,5,10-11,17H2,1-4H3. The molecule has 2 rings (SSSR count). The number of hydrogen-bond donors (Lipinski definition) is 1. The van der Waals surface area contributed by atoms with Crippen molar-refractivity contribution in [3.63, 3.8) is 0 Å². The van der Waals surface area contributed by atoms with Crippen LogP contribution < -0.4 is 5.73 Å². The van der Waals surface area contributed by atoms with Crippen molar-refractivity contribution in [3.8, 4) is 0 Å². The zero-order chi connectivity index (χ0) is 15.5. The Balaban J connectivity index is 2.05. The van der Waals surface area contributed by atoms with E-state index in [0.29, 0.717) is 6.54 Å². The Labute approximate surface area is 131 Å². The Bertz CT molecular complexity index is 581. The molecule has 0 fully saturated rings. The van der Waals surface area contributed by atoms with Crippen LogP contribution in [0.2, 0.25) is 0 Å². The van der Waals surface area contributed by atoms with Gasteiger partial charge in [0.15, 0.2) is 5.16 Å². The van der Waals surface area contributed by atoms with E-state index in [0.717, 1.165) is 23.3 Å². The first kappa shape index (κ1) is 16.0. The molecule has 0 spiro atoms. The zero-order valence-corrected chi connectivity index (χ0v) is 14.1. The first-order valence-electron chi connectivity index (χ1n) is 7.30. The van der Waals surface area contributed by atoms with E-state index in [-0.39, 0.29) is 5.41 Å². The smallest absolute Gasteiger partial charge is 0.191 e. The summed E-state index contributed by atoms with van der Waals surface area (Å²) in [7, 11) is 0. The Morgan fingerprint density at radius 2 is 1.81 bits per heavy atom. The molecule has 0 saturated carbocycles. The predicted molar refractivity (Wildman–Crippen MR) is 88.3 cm³/mol. The zero-order valence-electron chi connectivity index (χ0n) is 13.3. The lowest BCUT2D eigenvalue weighted by molar-refractivity contribution is 0.590. The SMILES string of the molecule is CCn1c(CN)nnc1SCc1ccc(C(C)(C)C)cc1. The second-order valence-corrected chi connectivity index (χ2v) is 7.03. The summed E-state index contributed by atoms with van der Waals surface area (Å²) < 4.78 is 2.08. The molecular weight excluding hydrogens is 280 g/mol. The van der Waals surface area contributed by atoms with Crippen molar-refractivity contribution in [1.82, 2.24) is 14.8 Å². The fraction of sp³-hybridized carbons (Fsp3) is 0.500. The highest BCUT2D eigenvalue weighted by molar-refractivity contribution is 7.98. The van der Waals surface area contributed by atoms with E-state index in [1.807, 2.05) is 0 Å². The van der Waals surface area contributed by atoms with E-state index in [1.54, 1.807) is 11.8 Å². The number of hydrogen-bond acceptors (Lipinski definition) is 4.